The number of carbonyl (C=O) groups excluding carboxylic acids is 2. The van der Waals surface area contributed by atoms with Gasteiger partial charge in [-0.15, -0.1) is 0 Å². The van der Waals surface area contributed by atoms with Gasteiger partial charge >= 0.3 is 6.03 Å². The van der Waals surface area contributed by atoms with Crippen LogP contribution >= 0.6 is 0 Å². The lowest BCUT2D eigenvalue weighted by atomic mass is 9.68. The third-order valence-corrected chi connectivity index (χ3v) is 8.62. The summed E-state index contributed by atoms with van der Waals surface area (Å²) in [5.74, 6) is 0.261. The van der Waals surface area contributed by atoms with Gasteiger partial charge in [0, 0.05) is 18.6 Å². The van der Waals surface area contributed by atoms with Crippen LogP contribution in [0.4, 0.5) is 10.7 Å². The first-order chi connectivity index (χ1) is 17.3. The van der Waals surface area contributed by atoms with Gasteiger partial charge in [-0.1, -0.05) is 36.8 Å². The number of urea groups is 1. The fourth-order valence-corrected chi connectivity index (χ4v) is 6.23. The van der Waals surface area contributed by atoms with E-state index in [0.717, 1.165) is 32.2 Å². The fraction of sp³-hybridized carbons (Fsp3) is 0.556. The van der Waals surface area contributed by atoms with E-state index < -0.39 is 0 Å². The molecule has 1 aromatic heterocycles. The van der Waals surface area contributed by atoms with Crippen LogP contribution in [0.2, 0.25) is 0 Å². The van der Waals surface area contributed by atoms with Crippen LogP contribution in [0, 0.1) is 5.92 Å². The first kappa shape index (κ1) is 24.5. The minimum absolute atomic E-state index is 0.0382. The Morgan fingerprint density at radius 3 is 2.36 bits per heavy atom. The number of nitrogens with one attached hydrogen (secondary N) is 1. The second kappa shape index (κ2) is 9.69. The average Bonchev–Trinajstić information content (AvgIpc) is 3.08. The standard InChI is InChI=1S/C27H36N6O3/c1-31(2)27(21-9-4-3-5-10-21)13-11-26(12-14-27)19-32(25(36)33(26)17-20-7-6-8-20)18-23(35)30-24-28-15-22(34)16-29-24/h3-5,9-10,15-16,20,34H,6-8,11-14,17-19H2,1-2H3,(H,28,29,30,35)/t26-,27+. The Morgan fingerprint density at radius 2 is 1.78 bits per heavy atom. The van der Waals surface area contributed by atoms with Gasteiger partial charge in [-0.25, -0.2) is 14.8 Å². The van der Waals surface area contributed by atoms with Crippen LogP contribution in [-0.4, -0.2) is 81.0 Å². The van der Waals surface area contributed by atoms with Gasteiger partial charge in [0.05, 0.1) is 17.9 Å². The molecule has 3 fully saturated rings. The van der Waals surface area contributed by atoms with Crippen LogP contribution < -0.4 is 5.32 Å². The van der Waals surface area contributed by atoms with Crippen molar-refractivity contribution < 1.29 is 14.7 Å². The predicted molar refractivity (Wildman–Crippen MR) is 136 cm³/mol. The predicted octanol–water partition coefficient (Wildman–Crippen LogP) is 3.43. The lowest BCUT2D eigenvalue weighted by Gasteiger charge is -2.51. The molecular formula is C27H36N6O3. The van der Waals surface area contributed by atoms with Crippen molar-refractivity contribution in [2.75, 3.05) is 39.0 Å². The third-order valence-electron chi connectivity index (χ3n) is 8.62. The molecule has 1 aromatic carbocycles. The molecule has 2 N–H and O–H groups in total. The zero-order chi connectivity index (χ0) is 25.3. The Hall–Kier alpha value is -3.20. The fourth-order valence-electron chi connectivity index (χ4n) is 6.23. The maximum Gasteiger partial charge on any atom is 0.321 e. The molecule has 0 atom stereocenters. The Labute approximate surface area is 212 Å². The molecule has 2 saturated carbocycles. The van der Waals surface area contributed by atoms with E-state index in [1.54, 1.807) is 4.90 Å². The highest BCUT2D eigenvalue weighted by Crippen LogP contribution is 2.49. The molecule has 2 aromatic rings. The maximum absolute atomic E-state index is 13.6. The zero-order valence-electron chi connectivity index (χ0n) is 21.2. The highest BCUT2D eigenvalue weighted by molar-refractivity contribution is 5.93. The van der Waals surface area contributed by atoms with Crippen molar-refractivity contribution in [1.29, 1.82) is 0 Å². The first-order valence-corrected chi connectivity index (χ1v) is 12.9. The number of aromatic nitrogens is 2. The topological polar surface area (TPSA) is 102 Å². The highest BCUT2D eigenvalue weighted by Gasteiger charge is 2.55. The molecule has 0 unspecified atom stereocenters. The lowest BCUT2D eigenvalue weighted by Crippen LogP contribution is -2.56. The summed E-state index contributed by atoms with van der Waals surface area (Å²) in [6, 6.07) is 10.6. The van der Waals surface area contributed by atoms with Crippen molar-refractivity contribution in [3.05, 3.63) is 48.3 Å². The Balaban J connectivity index is 1.33. The van der Waals surface area contributed by atoms with Gasteiger partial charge in [0.2, 0.25) is 11.9 Å². The van der Waals surface area contributed by atoms with Gasteiger partial charge in [0.15, 0.2) is 5.75 Å². The molecule has 9 nitrogen and oxygen atoms in total. The zero-order valence-corrected chi connectivity index (χ0v) is 21.2. The van der Waals surface area contributed by atoms with Crippen LogP contribution in [0.3, 0.4) is 0 Å². The summed E-state index contributed by atoms with van der Waals surface area (Å²) in [4.78, 5) is 40.4. The van der Waals surface area contributed by atoms with E-state index in [0.29, 0.717) is 12.5 Å². The van der Waals surface area contributed by atoms with E-state index in [9.17, 15) is 14.7 Å². The molecule has 1 aliphatic heterocycles. The molecule has 0 bridgehead atoms. The molecule has 1 spiro atoms. The molecule has 9 heteroatoms. The second-order valence-corrected chi connectivity index (χ2v) is 10.9. The summed E-state index contributed by atoms with van der Waals surface area (Å²) < 4.78 is 0. The number of aromatic hydroxyl groups is 1. The Bertz CT molecular complexity index is 1080. The van der Waals surface area contributed by atoms with E-state index >= 15 is 0 Å². The summed E-state index contributed by atoms with van der Waals surface area (Å²) >= 11 is 0. The van der Waals surface area contributed by atoms with E-state index in [-0.39, 0.29) is 41.3 Å². The highest BCUT2D eigenvalue weighted by atomic mass is 16.3. The van der Waals surface area contributed by atoms with Crippen LogP contribution in [0.15, 0.2) is 42.7 Å². The summed E-state index contributed by atoms with van der Waals surface area (Å²) in [5.41, 5.74) is 1.01. The number of hydrogen-bond acceptors (Lipinski definition) is 6. The quantitative estimate of drug-likeness (QED) is 0.614. The molecule has 1 saturated heterocycles. The number of hydrogen-bond donors (Lipinski definition) is 2. The number of nitrogens with zero attached hydrogens (tertiary/aromatic N) is 5. The van der Waals surface area contributed by atoms with Gasteiger partial charge in [0.25, 0.3) is 0 Å². The normalized spacial score (nSPS) is 26.5. The summed E-state index contributed by atoms with van der Waals surface area (Å²) in [7, 11) is 4.30. The summed E-state index contributed by atoms with van der Waals surface area (Å²) in [5, 5.41) is 12.0. The molecule has 2 aliphatic carbocycles. The molecule has 36 heavy (non-hydrogen) atoms. The van der Waals surface area contributed by atoms with E-state index in [2.05, 4.69) is 69.5 Å². The van der Waals surface area contributed by atoms with Gasteiger partial charge in [0.1, 0.15) is 6.54 Å². The summed E-state index contributed by atoms with van der Waals surface area (Å²) in [6.07, 6.45) is 9.75. The van der Waals surface area contributed by atoms with Crippen molar-refractivity contribution in [1.82, 2.24) is 24.7 Å². The Morgan fingerprint density at radius 1 is 1.11 bits per heavy atom. The van der Waals surface area contributed by atoms with Crippen molar-refractivity contribution in [3.63, 3.8) is 0 Å². The number of benzene rings is 1. The van der Waals surface area contributed by atoms with E-state index in [1.807, 2.05) is 0 Å². The van der Waals surface area contributed by atoms with Gasteiger partial charge in [-0.3, -0.25) is 15.0 Å². The minimum atomic E-state index is -0.336. The molecular weight excluding hydrogens is 456 g/mol. The third kappa shape index (κ3) is 4.52. The number of rotatable bonds is 7. The van der Waals surface area contributed by atoms with Crippen LogP contribution in [0.25, 0.3) is 0 Å². The molecule has 5 rings (SSSR count). The van der Waals surface area contributed by atoms with Crippen molar-refractivity contribution in [3.8, 4) is 5.75 Å². The number of anilines is 1. The Kier molecular flexibility index (Phi) is 6.59. The van der Waals surface area contributed by atoms with Crippen LogP contribution in [0.1, 0.15) is 50.5 Å². The summed E-state index contributed by atoms with van der Waals surface area (Å²) in [6.45, 7) is 1.29. The van der Waals surface area contributed by atoms with Gasteiger partial charge in [-0.2, -0.15) is 0 Å². The number of carbonyl (C=O) groups is 2. The molecule has 0 radical (unpaired) electrons. The SMILES string of the molecule is CN(C)[C@]1(c2ccccc2)CC[C@]2(CC1)CN(CC(=O)Nc1ncc(O)cn1)C(=O)N2CC1CCC1. The monoisotopic (exact) mass is 492 g/mol. The molecule has 192 valence electrons. The first-order valence-electron chi connectivity index (χ1n) is 12.9. The van der Waals surface area contributed by atoms with Crippen LogP contribution in [0.5, 0.6) is 5.75 Å². The molecule has 2 heterocycles. The molecule has 3 aliphatic rings. The smallest absolute Gasteiger partial charge is 0.321 e. The van der Waals surface area contributed by atoms with Crippen molar-refractivity contribution in [2.24, 2.45) is 5.92 Å². The lowest BCUT2D eigenvalue weighted by molar-refractivity contribution is -0.116. The second-order valence-electron chi connectivity index (χ2n) is 10.9. The molecule has 3 amide bonds. The number of amides is 3. The van der Waals surface area contributed by atoms with Crippen molar-refractivity contribution in [2.45, 2.75) is 56.0 Å². The van der Waals surface area contributed by atoms with E-state index in [1.165, 1.54) is 37.2 Å². The van der Waals surface area contributed by atoms with Gasteiger partial charge < -0.3 is 14.9 Å². The largest absolute Gasteiger partial charge is 0.505 e. The minimum Gasteiger partial charge on any atom is -0.505 e. The van der Waals surface area contributed by atoms with E-state index in [4.69, 9.17) is 0 Å². The van der Waals surface area contributed by atoms with Gasteiger partial charge in [-0.05, 0) is 64.1 Å². The van der Waals surface area contributed by atoms with Crippen molar-refractivity contribution >= 4 is 17.9 Å². The average molecular weight is 493 g/mol. The maximum atomic E-state index is 13.6. The van der Waals surface area contributed by atoms with Crippen LogP contribution in [-0.2, 0) is 10.3 Å².